The standard InChI is InChI=1S/C14H19/c1-3-4-5-6-7-11-14-12-9-8-10-13(14)2/h1,3,8-10,12H,4-7,11H2,2H3. The Hall–Kier alpha value is -1.04. The van der Waals surface area contributed by atoms with Gasteiger partial charge in [0.05, 0.1) is 0 Å². The Bertz CT molecular complexity index is 273. The minimum atomic E-state index is 1.05. The number of allylic oxidation sites excluding steroid dienone is 1. The van der Waals surface area contributed by atoms with Crippen LogP contribution in [0.25, 0.3) is 0 Å². The third-order valence-corrected chi connectivity index (χ3v) is 2.58. The topological polar surface area (TPSA) is 0 Å². The maximum Gasteiger partial charge on any atom is -0.0276 e. The van der Waals surface area contributed by atoms with Crippen molar-refractivity contribution >= 4 is 0 Å². The van der Waals surface area contributed by atoms with Crippen LogP contribution >= 0.6 is 0 Å². The van der Waals surface area contributed by atoms with E-state index in [2.05, 4.69) is 31.2 Å². The van der Waals surface area contributed by atoms with Crippen molar-refractivity contribution in [1.82, 2.24) is 0 Å². The highest BCUT2D eigenvalue weighted by Crippen LogP contribution is 2.11. The van der Waals surface area contributed by atoms with E-state index in [0.717, 1.165) is 6.42 Å². The van der Waals surface area contributed by atoms with Crippen LogP contribution in [0.1, 0.15) is 36.8 Å². The summed E-state index contributed by atoms with van der Waals surface area (Å²) in [4.78, 5) is 0. The van der Waals surface area contributed by atoms with Crippen molar-refractivity contribution in [3.8, 4) is 0 Å². The fourth-order valence-electron chi connectivity index (χ4n) is 1.65. The Morgan fingerprint density at radius 1 is 1.14 bits per heavy atom. The molecular formula is C14H19. The number of aryl methyl sites for hydroxylation is 2. The zero-order valence-corrected chi connectivity index (χ0v) is 9.00. The zero-order chi connectivity index (χ0) is 10.2. The van der Waals surface area contributed by atoms with Crippen molar-refractivity contribution in [2.45, 2.75) is 39.0 Å². The predicted molar refractivity (Wildman–Crippen MR) is 62.2 cm³/mol. The summed E-state index contributed by atoms with van der Waals surface area (Å²) >= 11 is 0. The van der Waals surface area contributed by atoms with Crippen molar-refractivity contribution in [3.63, 3.8) is 0 Å². The molecule has 14 heavy (non-hydrogen) atoms. The summed E-state index contributed by atoms with van der Waals surface area (Å²) in [5.41, 5.74) is 2.90. The molecule has 0 fully saturated rings. The van der Waals surface area contributed by atoms with Gasteiger partial charge in [0.1, 0.15) is 0 Å². The lowest BCUT2D eigenvalue weighted by Gasteiger charge is -2.04. The number of rotatable bonds is 6. The van der Waals surface area contributed by atoms with E-state index in [0.29, 0.717) is 0 Å². The van der Waals surface area contributed by atoms with Crippen LogP contribution < -0.4 is 0 Å². The second kappa shape index (κ2) is 6.42. The van der Waals surface area contributed by atoms with E-state index in [1.807, 2.05) is 0 Å². The quantitative estimate of drug-likeness (QED) is 0.588. The Balaban J connectivity index is 2.24. The molecule has 75 valence electrons. The molecule has 1 aromatic rings. The van der Waals surface area contributed by atoms with Gasteiger partial charge in [-0.1, -0.05) is 43.3 Å². The van der Waals surface area contributed by atoms with Gasteiger partial charge >= 0.3 is 0 Å². The summed E-state index contributed by atoms with van der Waals surface area (Å²) < 4.78 is 0. The molecule has 0 saturated heterocycles. The van der Waals surface area contributed by atoms with Crippen LogP contribution in [0.15, 0.2) is 30.3 Å². The van der Waals surface area contributed by atoms with Gasteiger partial charge in [-0.05, 0) is 43.7 Å². The summed E-state index contributed by atoms with van der Waals surface area (Å²) in [7, 11) is 0. The lowest BCUT2D eigenvalue weighted by molar-refractivity contribution is 0.685. The molecule has 0 saturated carbocycles. The number of hydrogen-bond donors (Lipinski definition) is 0. The van der Waals surface area contributed by atoms with Gasteiger partial charge in [0.2, 0.25) is 0 Å². The van der Waals surface area contributed by atoms with E-state index in [4.69, 9.17) is 6.58 Å². The van der Waals surface area contributed by atoms with Gasteiger partial charge in [0.25, 0.3) is 0 Å². The fraction of sp³-hybridized carbons (Fsp3) is 0.429. The summed E-state index contributed by atoms with van der Waals surface area (Å²) in [6.07, 6.45) is 7.79. The average Bonchev–Trinajstić information content (AvgIpc) is 2.20. The van der Waals surface area contributed by atoms with Crippen LogP contribution in [0, 0.1) is 13.5 Å². The minimum Gasteiger partial charge on any atom is -0.0845 e. The number of hydrogen-bond acceptors (Lipinski definition) is 0. The molecule has 0 heteroatoms. The second-order valence-corrected chi connectivity index (χ2v) is 3.76. The largest absolute Gasteiger partial charge is 0.0845 e. The van der Waals surface area contributed by atoms with E-state index in [-0.39, 0.29) is 0 Å². The first-order valence-electron chi connectivity index (χ1n) is 5.42. The van der Waals surface area contributed by atoms with Crippen LogP contribution in [-0.2, 0) is 6.42 Å². The van der Waals surface area contributed by atoms with E-state index in [9.17, 15) is 0 Å². The van der Waals surface area contributed by atoms with Gasteiger partial charge in [0.15, 0.2) is 0 Å². The van der Waals surface area contributed by atoms with Crippen LogP contribution in [-0.4, -0.2) is 0 Å². The predicted octanol–water partition coefficient (Wildman–Crippen LogP) is 4.09. The normalized spacial score (nSPS) is 10.1. The molecule has 0 heterocycles. The smallest absolute Gasteiger partial charge is 0.0276 e. The van der Waals surface area contributed by atoms with Crippen molar-refractivity contribution in [2.24, 2.45) is 0 Å². The van der Waals surface area contributed by atoms with Crippen molar-refractivity contribution in [2.75, 3.05) is 0 Å². The molecule has 0 nitrogen and oxygen atoms in total. The average molecular weight is 187 g/mol. The van der Waals surface area contributed by atoms with E-state index in [1.54, 1.807) is 6.08 Å². The molecule has 1 radical (unpaired) electrons. The summed E-state index contributed by atoms with van der Waals surface area (Å²) in [6.45, 7) is 7.50. The lowest BCUT2D eigenvalue weighted by atomic mass is 10.0. The number of benzene rings is 1. The molecule has 0 atom stereocenters. The minimum absolute atomic E-state index is 1.05. The lowest BCUT2D eigenvalue weighted by Crippen LogP contribution is -1.89. The molecule has 0 aliphatic heterocycles. The highest BCUT2D eigenvalue weighted by molar-refractivity contribution is 5.25. The van der Waals surface area contributed by atoms with Crippen molar-refractivity contribution < 1.29 is 0 Å². The van der Waals surface area contributed by atoms with Gasteiger partial charge in [-0.25, -0.2) is 0 Å². The van der Waals surface area contributed by atoms with Gasteiger partial charge in [-0.2, -0.15) is 0 Å². The molecule has 1 aromatic carbocycles. The summed E-state index contributed by atoms with van der Waals surface area (Å²) in [5, 5.41) is 0. The number of unbranched alkanes of at least 4 members (excludes halogenated alkanes) is 3. The molecule has 1 rings (SSSR count). The Labute approximate surface area is 87.7 Å². The van der Waals surface area contributed by atoms with E-state index in [1.165, 1.54) is 36.8 Å². The zero-order valence-electron chi connectivity index (χ0n) is 9.00. The molecule has 0 aliphatic carbocycles. The highest BCUT2D eigenvalue weighted by atomic mass is 14.0. The molecule has 0 aromatic heterocycles. The molecule has 0 N–H and O–H groups in total. The third kappa shape index (κ3) is 3.78. The fourth-order valence-corrected chi connectivity index (χ4v) is 1.65. The molecular weight excluding hydrogens is 168 g/mol. The summed E-state index contributed by atoms with van der Waals surface area (Å²) in [6, 6.07) is 8.63. The Morgan fingerprint density at radius 2 is 1.93 bits per heavy atom. The third-order valence-electron chi connectivity index (χ3n) is 2.58. The van der Waals surface area contributed by atoms with Crippen LogP contribution in [0.4, 0.5) is 0 Å². The molecule has 0 bridgehead atoms. The monoisotopic (exact) mass is 187 g/mol. The van der Waals surface area contributed by atoms with Crippen molar-refractivity contribution in [1.29, 1.82) is 0 Å². The van der Waals surface area contributed by atoms with E-state index >= 15 is 0 Å². The maximum atomic E-state index is 5.32. The first kappa shape index (κ1) is 11.0. The SMILES string of the molecule is [CH]=CCCCCCc1ccccc1C. The van der Waals surface area contributed by atoms with Crippen LogP contribution in [0.3, 0.4) is 0 Å². The van der Waals surface area contributed by atoms with Gasteiger partial charge in [0, 0.05) is 0 Å². The van der Waals surface area contributed by atoms with Gasteiger partial charge in [-0.3, -0.25) is 0 Å². The molecule has 0 amide bonds. The second-order valence-electron chi connectivity index (χ2n) is 3.76. The van der Waals surface area contributed by atoms with Gasteiger partial charge < -0.3 is 0 Å². The maximum absolute atomic E-state index is 5.32. The highest BCUT2D eigenvalue weighted by Gasteiger charge is 1.96. The Morgan fingerprint density at radius 3 is 2.64 bits per heavy atom. The van der Waals surface area contributed by atoms with E-state index < -0.39 is 0 Å². The van der Waals surface area contributed by atoms with Gasteiger partial charge in [-0.15, -0.1) is 0 Å². The summed E-state index contributed by atoms with van der Waals surface area (Å²) in [5.74, 6) is 0. The molecule has 0 spiro atoms. The molecule has 0 unspecified atom stereocenters. The van der Waals surface area contributed by atoms with Crippen LogP contribution in [0.5, 0.6) is 0 Å². The Kier molecular flexibility index (Phi) is 5.06. The molecule has 0 aliphatic rings. The first-order chi connectivity index (χ1) is 6.84. The first-order valence-corrected chi connectivity index (χ1v) is 5.42. The van der Waals surface area contributed by atoms with Crippen molar-refractivity contribution in [3.05, 3.63) is 48.0 Å². The van der Waals surface area contributed by atoms with Crippen LogP contribution in [0.2, 0.25) is 0 Å².